The van der Waals surface area contributed by atoms with Crippen LogP contribution in [0.2, 0.25) is 0 Å². The van der Waals surface area contributed by atoms with Crippen LogP contribution in [0.1, 0.15) is 37.3 Å². The molecule has 1 aromatic rings. The highest BCUT2D eigenvalue weighted by atomic mass is 16.5. The molecule has 0 aliphatic rings. The highest BCUT2D eigenvalue weighted by Crippen LogP contribution is 2.20. The zero-order valence-electron chi connectivity index (χ0n) is 11.9. The minimum Gasteiger partial charge on any atom is -0.364 e. The third-order valence-corrected chi connectivity index (χ3v) is 3.43. The van der Waals surface area contributed by atoms with Crippen molar-refractivity contribution in [2.24, 2.45) is 0 Å². The van der Waals surface area contributed by atoms with Crippen molar-refractivity contribution in [3.05, 3.63) is 35.4 Å². The number of benzene rings is 1. The molecule has 0 radical (unpaired) electrons. The van der Waals surface area contributed by atoms with E-state index in [4.69, 9.17) is 10.2 Å². The van der Waals surface area contributed by atoms with Crippen molar-refractivity contribution in [1.82, 2.24) is 0 Å². The second-order valence-electron chi connectivity index (χ2n) is 5.81. The van der Waals surface area contributed by atoms with Gasteiger partial charge >= 0.3 is 0 Å². The fourth-order valence-electron chi connectivity index (χ4n) is 2.19. The molecule has 0 aliphatic heterocycles. The number of hydrogen-bond donors (Lipinski definition) is 2. The summed E-state index contributed by atoms with van der Waals surface area (Å²) in [5, 5.41) is 18.1. The van der Waals surface area contributed by atoms with E-state index < -0.39 is 6.29 Å². The van der Waals surface area contributed by atoms with E-state index in [1.807, 2.05) is 14.1 Å². The monoisotopic (exact) mass is 252 g/mol. The Morgan fingerprint density at radius 1 is 1.11 bits per heavy atom. The number of hydrogen-bond acceptors (Lipinski definition) is 2. The van der Waals surface area contributed by atoms with Gasteiger partial charge in [-0.05, 0) is 17.9 Å². The predicted octanol–water partition coefficient (Wildman–Crippen LogP) is 2.09. The maximum Gasteiger partial charge on any atom is 0.202 e. The number of likely N-dealkylation sites (N-methyl/N-ethyl adjacent to an activating group) is 1. The molecule has 1 unspecified atom stereocenters. The summed E-state index contributed by atoms with van der Waals surface area (Å²) in [5.74, 6) is 0.598. The molecule has 1 aromatic carbocycles. The first-order valence-corrected chi connectivity index (χ1v) is 6.61. The summed E-state index contributed by atoms with van der Waals surface area (Å²) in [6, 6.07) is 8.65. The third-order valence-electron chi connectivity index (χ3n) is 3.43. The van der Waals surface area contributed by atoms with Crippen molar-refractivity contribution < 1.29 is 14.7 Å². The Balaban J connectivity index is 2.68. The molecule has 18 heavy (non-hydrogen) atoms. The normalized spacial score (nSPS) is 13.9. The van der Waals surface area contributed by atoms with Gasteiger partial charge in [0.1, 0.15) is 13.1 Å². The molecule has 3 heteroatoms. The molecule has 3 nitrogen and oxygen atoms in total. The number of nitrogens with zero attached hydrogens (tertiary/aromatic N) is 1. The van der Waals surface area contributed by atoms with Gasteiger partial charge in [0, 0.05) is 5.56 Å². The number of rotatable bonds is 6. The van der Waals surface area contributed by atoms with E-state index in [1.54, 1.807) is 0 Å². The summed E-state index contributed by atoms with van der Waals surface area (Å²) in [5.41, 5.74) is 2.60. The summed E-state index contributed by atoms with van der Waals surface area (Å²) < 4.78 is 0.570. The Bertz CT molecular complexity index is 357. The summed E-state index contributed by atoms with van der Waals surface area (Å²) in [7, 11) is 4.00. The zero-order chi connectivity index (χ0) is 13.8. The van der Waals surface area contributed by atoms with Gasteiger partial charge in [-0.3, -0.25) is 0 Å². The van der Waals surface area contributed by atoms with Crippen LogP contribution in [0, 0.1) is 0 Å². The summed E-state index contributed by atoms with van der Waals surface area (Å²) >= 11 is 0. The quantitative estimate of drug-likeness (QED) is 0.601. The molecule has 2 N–H and O–H groups in total. The molecule has 0 amide bonds. The highest BCUT2D eigenvalue weighted by molar-refractivity contribution is 5.24. The number of aliphatic hydroxyl groups is 2. The number of aliphatic hydroxyl groups excluding tert-OH is 1. The molecule has 0 heterocycles. The minimum atomic E-state index is -1.25. The van der Waals surface area contributed by atoms with Crippen molar-refractivity contribution >= 4 is 0 Å². The van der Waals surface area contributed by atoms with Crippen molar-refractivity contribution in [2.45, 2.75) is 39.0 Å². The van der Waals surface area contributed by atoms with Crippen molar-refractivity contribution in [2.75, 3.05) is 20.6 Å². The second-order valence-corrected chi connectivity index (χ2v) is 5.81. The van der Waals surface area contributed by atoms with E-state index in [9.17, 15) is 0 Å². The first-order valence-electron chi connectivity index (χ1n) is 6.61. The van der Waals surface area contributed by atoms with Crippen LogP contribution in [-0.2, 0) is 6.54 Å². The fraction of sp³-hybridized carbons (Fsp3) is 0.600. The summed E-state index contributed by atoms with van der Waals surface area (Å²) in [6.07, 6.45) is -0.100. The molecule has 0 saturated heterocycles. The van der Waals surface area contributed by atoms with E-state index >= 15 is 0 Å². The van der Waals surface area contributed by atoms with E-state index in [0.29, 0.717) is 16.9 Å². The SMILES string of the molecule is CCC(C)c1ccc(C[N+](C)(C)CC(O)O)cc1. The largest absolute Gasteiger partial charge is 0.364 e. The van der Waals surface area contributed by atoms with Crippen molar-refractivity contribution in [3.8, 4) is 0 Å². The Kier molecular flexibility index (Phi) is 5.32. The lowest BCUT2D eigenvalue weighted by Gasteiger charge is -2.30. The molecule has 0 aromatic heterocycles. The van der Waals surface area contributed by atoms with E-state index in [-0.39, 0.29) is 0 Å². The van der Waals surface area contributed by atoms with Gasteiger partial charge in [-0.2, -0.15) is 0 Å². The lowest BCUT2D eigenvalue weighted by atomic mass is 9.97. The molecular formula is C15H26NO2+. The van der Waals surface area contributed by atoms with Gasteiger partial charge in [0.05, 0.1) is 14.1 Å². The van der Waals surface area contributed by atoms with Gasteiger partial charge in [-0.25, -0.2) is 0 Å². The zero-order valence-corrected chi connectivity index (χ0v) is 11.9. The Hall–Kier alpha value is -0.900. The second kappa shape index (κ2) is 6.32. The smallest absolute Gasteiger partial charge is 0.202 e. The molecule has 0 fully saturated rings. The van der Waals surface area contributed by atoms with E-state index in [2.05, 4.69) is 38.1 Å². The molecular weight excluding hydrogens is 226 g/mol. The first-order chi connectivity index (χ1) is 8.34. The lowest BCUT2D eigenvalue weighted by molar-refractivity contribution is -0.909. The van der Waals surface area contributed by atoms with E-state index in [0.717, 1.165) is 13.0 Å². The summed E-state index contributed by atoms with van der Waals surface area (Å²) in [4.78, 5) is 0. The number of quaternary nitrogens is 1. The summed E-state index contributed by atoms with van der Waals surface area (Å²) in [6.45, 7) is 5.57. The molecule has 0 spiro atoms. The third kappa shape index (κ3) is 4.77. The topological polar surface area (TPSA) is 40.5 Å². The maximum atomic E-state index is 9.05. The molecule has 0 saturated carbocycles. The van der Waals surface area contributed by atoms with Crippen molar-refractivity contribution in [1.29, 1.82) is 0 Å². The van der Waals surface area contributed by atoms with Crippen LogP contribution in [-0.4, -0.2) is 41.6 Å². The Morgan fingerprint density at radius 3 is 2.11 bits per heavy atom. The minimum absolute atomic E-state index is 0.340. The Labute approximate surface area is 110 Å². The molecule has 102 valence electrons. The van der Waals surface area contributed by atoms with Gasteiger partial charge in [-0.1, -0.05) is 38.1 Å². The van der Waals surface area contributed by atoms with Crippen LogP contribution < -0.4 is 0 Å². The maximum absolute atomic E-state index is 9.05. The fourth-order valence-corrected chi connectivity index (χ4v) is 2.19. The van der Waals surface area contributed by atoms with Gasteiger partial charge in [0.25, 0.3) is 0 Å². The van der Waals surface area contributed by atoms with Crippen LogP contribution in [0.5, 0.6) is 0 Å². The molecule has 1 rings (SSSR count). The van der Waals surface area contributed by atoms with Crippen molar-refractivity contribution in [3.63, 3.8) is 0 Å². The van der Waals surface area contributed by atoms with Crippen LogP contribution in [0.15, 0.2) is 24.3 Å². The van der Waals surface area contributed by atoms with Crippen LogP contribution >= 0.6 is 0 Å². The standard InChI is InChI=1S/C15H26NO2/c1-5-12(2)14-8-6-13(7-9-14)10-16(3,4)11-15(17)18/h6-9,12,15,17-18H,5,10-11H2,1-4H3/q+1. The Morgan fingerprint density at radius 2 is 1.67 bits per heavy atom. The van der Waals surface area contributed by atoms with Crippen LogP contribution in [0.25, 0.3) is 0 Å². The first kappa shape index (κ1) is 15.2. The van der Waals surface area contributed by atoms with Gasteiger partial charge in [0.15, 0.2) is 0 Å². The van der Waals surface area contributed by atoms with E-state index in [1.165, 1.54) is 11.1 Å². The molecule has 0 bridgehead atoms. The van der Waals surface area contributed by atoms with Gasteiger partial charge in [0.2, 0.25) is 6.29 Å². The van der Waals surface area contributed by atoms with Gasteiger partial charge < -0.3 is 14.7 Å². The average molecular weight is 252 g/mol. The predicted molar refractivity (Wildman–Crippen MR) is 74.1 cm³/mol. The van der Waals surface area contributed by atoms with Gasteiger partial charge in [-0.15, -0.1) is 0 Å². The molecule has 0 aliphatic carbocycles. The molecule has 1 atom stereocenters. The lowest BCUT2D eigenvalue weighted by Crippen LogP contribution is -2.44. The highest BCUT2D eigenvalue weighted by Gasteiger charge is 2.19. The van der Waals surface area contributed by atoms with Crippen LogP contribution in [0.3, 0.4) is 0 Å². The average Bonchev–Trinajstić information content (AvgIpc) is 2.26. The van der Waals surface area contributed by atoms with Crippen LogP contribution in [0.4, 0.5) is 0 Å².